The molecule has 6 heteroatoms. The summed E-state index contributed by atoms with van der Waals surface area (Å²) in [6.45, 7) is 0. The molecule has 0 aliphatic carbocycles. The second-order valence-electron chi connectivity index (χ2n) is 11.8. The van der Waals surface area contributed by atoms with E-state index in [1.807, 2.05) is 36.4 Å². The van der Waals surface area contributed by atoms with Crippen LogP contribution in [0.3, 0.4) is 0 Å². The van der Waals surface area contributed by atoms with E-state index in [-0.39, 0.29) is 0 Å². The third-order valence-electron chi connectivity index (χ3n) is 8.65. The molecule has 0 spiro atoms. The van der Waals surface area contributed by atoms with Gasteiger partial charge in [-0.3, -0.25) is 0 Å². The van der Waals surface area contributed by atoms with Crippen molar-refractivity contribution < 1.29 is 8.83 Å². The van der Waals surface area contributed by atoms with Gasteiger partial charge in [0.15, 0.2) is 0 Å². The molecule has 0 radical (unpaired) electrons. The van der Waals surface area contributed by atoms with Crippen molar-refractivity contribution in [1.29, 1.82) is 0 Å². The molecule has 0 saturated heterocycles. The number of halogens is 1. The van der Waals surface area contributed by atoms with Crippen molar-refractivity contribution >= 4 is 63.7 Å². The maximum atomic E-state index is 6.41. The second-order valence-corrected chi connectivity index (χ2v) is 17.3. The van der Waals surface area contributed by atoms with Crippen LogP contribution in [0.25, 0.3) is 89.2 Å². The molecule has 3 aromatic heterocycles. The number of aromatic nitrogens is 3. The SMILES string of the molecule is CI(C)c1ccc2c(c1)oc1cc(-c3nc(-c4ccc(-c5ccccc5)cc4)nc(-c4ccc5c(c4)oc4ccccc45)n3)ccc12. The van der Waals surface area contributed by atoms with E-state index in [9.17, 15) is 0 Å². The van der Waals surface area contributed by atoms with Crippen molar-refractivity contribution in [3.8, 4) is 45.3 Å². The number of nitrogens with zero attached hydrogens (tertiary/aromatic N) is 3. The van der Waals surface area contributed by atoms with Crippen molar-refractivity contribution in [3.63, 3.8) is 0 Å². The van der Waals surface area contributed by atoms with Crippen LogP contribution in [0.1, 0.15) is 0 Å². The van der Waals surface area contributed by atoms with Crippen molar-refractivity contribution in [1.82, 2.24) is 15.0 Å². The molecule has 0 aliphatic heterocycles. The number of furan rings is 2. The van der Waals surface area contributed by atoms with Crippen LogP contribution in [0.5, 0.6) is 0 Å². The summed E-state index contributed by atoms with van der Waals surface area (Å²) in [5.74, 6) is 1.77. The van der Waals surface area contributed by atoms with Gasteiger partial charge in [-0.2, -0.15) is 0 Å². The van der Waals surface area contributed by atoms with Gasteiger partial charge in [0.25, 0.3) is 0 Å². The van der Waals surface area contributed by atoms with Crippen LogP contribution >= 0.6 is 19.8 Å². The molecule has 0 amide bonds. The molecule has 9 aromatic rings. The predicted molar refractivity (Wildman–Crippen MR) is 201 cm³/mol. The predicted octanol–water partition coefficient (Wildman–Crippen LogP) is 11.3. The standard InChI is InChI=1S/C41H28IN3O2/c1-42(2)30-18-21-34-33-20-17-29(23-37(33)47-38(34)24-30)41-44-39(27-14-12-26(13-15-27)25-8-4-3-5-9-25)43-40(45-41)28-16-19-32-31-10-6-7-11-35(31)46-36(32)22-28/h3-24H,1-2H3. The Balaban J connectivity index is 1.19. The fourth-order valence-corrected chi connectivity index (χ4v) is 8.00. The maximum absolute atomic E-state index is 6.41. The molecule has 0 unspecified atom stereocenters. The Bertz CT molecular complexity index is 2600. The Morgan fingerprint density at radius 2 is 0.830 bits per heavy atom. The summed E-state index contributed by atoms with van der Waals surface area (Å²) in [6, 6.07) is 45.9. The fourth-order valence-electron chi connectivity index (χ4n) is 6.20. The monoisotopic (exact) mass is 721 g/mol. The van der Waals surface area contributed by atoms with E-state index in [4.69, 9.17) is 23.8 Å². The summed E-state index contributed by atoms with van der Waals surface area (Å²) in [5, 5.41) is 4.37. The van der Waals surface area contributed by atoms with E-state index < -0.39 is 19.8 Å². The molecule has 0 saturated carbocycles. The molecule has 47 heavy (non-hydrogen) atoms. The van der Waals surface area contributed by atoms with E-state index in [0.29, 0.717) is 17.5 Å². The van der Waals surface area contributed by atoms with Crippen LogP contribution < -0.4 is 0 Å². The molecule has 9 rings (SSSR count). The first-order chi connectivity index (χ1) is 23.1. The number of hydrogen-bond acceptors (Lipinski definition) is 5. The van der Waals surface area contributed by atoms with Gasteiger partial charge >= 0.3 is 169 Å². The number of hydrogen-bond donors (Lipinski definition) is 0. The Hall–Kier alpha value is -5.34. The third kappa shape index (κ3) is 4.96. The molecule has 226 valence electrons. The molecule has 0 fully saturated rings. The van der Waals surface area contributed by atoms with Gasteiger partial charge in [-0.25, -0.2) is 0 Å². The quantitative estimate of drug-likeness (QED) is 0.131. The van der Waals surface area contributed by atoms with Gasteiger partial charge in [0, 0.05) is 10.8 Å². The Labute approximate surface area is 278 Å². The zero-order chi connectivity index (χ0) is 31.5. The van der Waals surface area contributed by atoms with E-state index in [2.05, 4.69) is 107 Å². The molecule has 0 aliphatic rings. The first kappa shape index (κ1) is 27.9. The summed E-state index contributed by atoms with van der Waals surface area (Å²) in [4.78, 5) is 19.7. The summed E-state index contributed by atoms with van der Waals surface area (Å²) < 4.78 is 14.0. The van der Waals surface area contributed by atoms with E-state index >= 15 is 0 Å². The van der Waals surface area contributed by atoms with Gasteiger partial charge in [-0.1, -0.05) is 60.7 Å². The van der Waals surface area contributed by atoms with Gasteiger partial charge in [-0.15, -0.1) is 0 Å². The minimum atomic E-state index is -1.13. The average molecular weight is 722 g/mol. The summed E-state index contributed by atoms with van der Waals surface area (Å²) >= 11 is -1.13. The first-order valence-corrected chi connectivity index (χ1v) is 20.8. The van der Waals surface area contributed by atoms with Crippen LogP contribution in [0.4, 0.5) is 0 Å². The van der Waals surface area contributed by atoms with Gasteiger partial charge in [0.2, 0.25) is 0 Å². The molecule has 3 heterocycles. The third-order valence-corrected chi connectivity index (χ3v) is 11.8. The number of alkyl halides is 2. The number of rotatable bonds is 5. The van der Waals surface area contributed by atoms with Gasteiger partial charge in [0.05, 0.1) is 0 Å². The Morgan fingerprint density at radius 1 is 0.383 bits per heavy atom. The zero-order valence-electron chi connectivity index (χ0n) is 25.7. The molecular formula is C41H28IN3O2. The number of para-hydroxylation sites is 1. The van der Waals surface area contributed by atoms with Gasteiger partial charge in [0.1, 0.15) is 11.2 Å². The molecule has 0 N–H and O–H groups in total. The second kappa shape index (κ2) is 11.2. The molecule has 0 atom stereocenters. The van der Waals surface area contributed by atoms with Crippen LogP contribution in [-0.4, -0.2) is 24.8 Å². The van der Waals surface area contributed by atoms with E-state index in [1.54, 1.807) is 0 Å². The first-order valence-electron chi connectivity index (χ1n) is 15.4. The summed E-state index contributed by atoms with van der Waals surface area (Å²) in [5.41, 5.74) is 8.34. The Morgan fingerprint density at radius 3 is 1.47 bits per heavy atom. The number of fused-ring (bicyclic) bond motifs is 6. The number of benzene rings is 6. The Kier molecular flexibility index (Phi) is 6.64. The van der Waals surface area contributed by atoms with E-state index in [0.717, 1.165) is 71.7 Å². The minimum absolute atomic E-state index is 0.580. The van der Waals surface area contributed by atoms with Gasteiger partial charge in [-0.05, 0) is 23.3 Å². The van der Waals surface area contributed by atoms with Crippen molar-refractivity contribution in [3.05, 3.63) is 137 Å². The zero-order valence-corrected chi connectivity index (χ0v) is 27.9. The van der Waals surface area contributed by atoms with Crippen LogP contribution in [0, 0.1) is 3.57 Å². The average Bonchev–Trinajstić information content (AvgIpc) is 3.69. The molecular weight excluding hydrogens is 693 g/mol. The van der Waals surface area contributed by atoms with E-state index in [1.165, 1.54) is 3.57 Å². The van der Waals surface area contributed by atoms with Crippen molar-refractivity contribution in [2.45, 2.75) is 0 Å². The van der Waals surface area contributed by atoms with Crippen LogP contribution in [-0.2, 0) is 0 Å². The molecule has 6 aromatic carbocycles. The molecule has 0 bridgehead atoms. The fraction of sp³-hybridized carbons (Fsp3) is 0.0488. The summed E-state index contributed by atoms with van der Waals surface area (Å²) in [7, 11) is 0. The van der Waals surface area contributed by atoms with Crippen molar-refractivity contribution in [2.24, 2.45) is 0 Å². The normalized spacial score (nSPS) is 12.0. The topological polar surface area (TPSA) is 65.0 Å². The van der Waals surface area contributed by atoms with Crippen molar-refractivity contribution in [2.75, 3.05) is 9.86 Å². The summed E-state index contributed by atoms with van der Waals surface area (Å²) in [6.07, 6.45) is 0. The van der Waals surface area contributed by atoms with Crippen LogP contribution in [0.15, 0.2) is 142 Å². The molecule has 5 nitrogen and oxygen atoms in total. The van der Waals surface area contributed by atoms with Crippen LogP contribution in [0.2, 0.25) is 0 Å². The van der Waals surface area contributed by atoms with Gasteiger partial charge < -0.3 is 4.42 Å².